The molecule has 1 aromatic heterocycles. The molecule has 0 bridgehead atoms. The first-order valence-corrected chi connectivity index (χ1v) is 5.23. The molecule has 0 atom stereocenters. The van der Waals surface area contributed by atoms with E-state index in [-0.39, 0.29) is 10.6 Å². The van der Waals surface area contributed by atoms with Gasteiger partial charge in [-0.2, -0.15) is 0 Å². The second-order valence-electron chi connectivity index (χ2n) is 3.67. The minimum Gasteiger partial charge on any atom is -0.384 e. The van der Waals surface area contributed by atoms with Crippen LogP contribution in [-0.4, -0.2) is 23.6 Å². The molecule has 0 aliphatic carbocycles. The summed E-state index contributed by atoms with van der Waals surface area (Å²) in [4.78, 5) is 14.8. The van der Waals surface area contributed by atoms with Crippen molar-refractivity contribution in [2.24, 2.45) is 0 Å². The molecule has 0 aliphatic heterocycles. The van der Waals surface area contributed by atoms with Gasteiger partial charge in [0.1, 0.15) is 0 Å². The minimum absolute atomic E-state index is 0.114. The first-order valence-electron chi connectivity index (χ1n) is 5.23. The van der Waals surface area contributed by atoms with E-state index in [4.69, 9.17) is 4.74 Å². The van der Waals surface area contributed by atoms with Gasteiger partial charge >= 0.3 is 0 Å². The number of methoxy groups -OCH3 is 1. The van der Waals surface area contributed by atoms with E-state index in [1.807, 2.05) is 6.07 Å². The Balaban J connectivity index is 2.50. The Morgan fingerprint density at radius 2 is 2.29 bits per heavy atom. The molecule has 1 heterocycles. The smallest absolute Gasteiger partial charge is 0.277 e. The standard InChI is InChI=1S/C12H12N2O3/c1-17-6-5-10-7-11-9(8-13-10)3-2-4-12(11)14(15)16/h2-4,7-8H,5-6H2,1H3. The summed E-state index contributed by atoms with van der Waals surface area (Å²) in [5, 5.41) is 12.3. The highest BCUT2D eigenvalue weighted by atomic mass is 16.6. The number of ether oxygens (including phenoxy) is 1. The van der Waals surface area contributed by atoms with Gasteiger partial charge in [0.25, 0.3) is 5.69 Å². The van der Waals surface area contributed by atoms with Crippen molar-refractivity contribution in [1.82, 2.24) is 4.98 Å². The number of rotatable bonds is 4. The summed E-state index contributed by atoms with van der Waals surface area (Å²) in [5.41, 5.74) is 0.914. The third-order valence-corrected chi connectivity index (χ3v) is 2.56. The van der Waals surface area contributed by atoms with Crippen molar-refractivity contribution in [2.45, 2.75) is 6.42 Å². The maximum absolute atomic E-state index is 10.9. The number of benzene rings is 1. The molecule has 88 valence electrons. The number of hydrogen-bond acceptors (Lipinski definition) is 4. The average molecular weight is 232 g/mol. The molecule has 0 fully saturated rings. The van der Waals surface area contributed by atoms with Crippen molar-refractivity contribution >= 4 is 16.5 Å². The molecule has 1 aromatic carbocycles. The van der Waals surface area contributed by atoms with Gasteiger partial charge in [0.05, 0.1) is 16.9 Å². The van der Waals surface area contributed by atoms with E-state index in [2.05, 4.69) is 4.98 Å². The Kier molecular flexibility index (Phi) is 3.30. The van der Waals surface area contributed by atoms with Gasteiger partial charge in [0.2, 0.25) is 0 Å². The van der Waals surface area contributed by atoms with E-state index in [9.17, 15) is 10.1 Å². The van der Waals surface area contributed by atoms with Gasteiger partial charge in [0, 0.05) is 36.9 Å². The molecular formula is C12H12N2O3. The Bertz CT molecular complexity index is 554. The lowest BCUT2D eigenvalue weighted by Crippen LogP contribution is -1.98. The van der Waals surface area contributed by atoms with Gasteiger partial charge < -0.3 is 4.74 Å². The van der Waals surface area contributed by atoms with Crippen LogP contribution in [0.4, 0.5) is 5.69 Å². The Morgan fingerprint density at radius 3 is 3.00 bits per heavy atom. The van der Waals surface area contributed by atoms with E-state index in [0.717, 1.165) is 11.1 Å². The molecule has 0 saturated heterocycles. The molecule has 0 N–H and O–H groups in total. The Hall–Kier alpha value is -2.01. The molecule has 5 nitrogen and oxygen atoms in total. The molecule has 0 aliphatic rings. The number of fused-ring (bicyclic) bond motifs is 1. The summed E-state index contributed by atoms with van der Waals surface area (Å²) in [7, 11) is 1.61. The summed E-state index contributed by atoms with van der Waals surface area (Å²) in [6, 6.07) is 6.74. The van der Waals surface area contributed by atoms with E-state index < -0.39 is 0 Å². The third-order valence-electron chi connectivity index (χ3n) is 2.56. The van der Waals surface area contributed by atoms with Crippen LogP contribution in [0.5, 0.6) is 0 Å². The highest BCUT2D eigenvalue weighted by molar-refractivity contribution is 5.90. The van der Waals surface area contributed by atoms with Crippen LogP contribution in [0.25, 0.3) is 10.8 Å². The number of nitrogens with zero attached hydrogens (tertiary/aromatic N) is 2. The number of nitro benzene ring substituents is 1. The molecule has 2 aromatic rings. The first-order chi connectivity index (χ1) is 8.22. The summed E-state index contributed by atoms with van der Waals surface area (Å²) in [6.07, 6.45) is 2.31. The number of hydrogen-bond donors (Lipinski definition) is 0. The molecule has 0 radical (unpaired) electrons. The maximum atomic E-state index is 10.9. The SMILES string of the molecule is COCCc1cc2c([N+](=O)[O-])cccc2cn1. The van der Waals surface area contributed by atoms with Crippen LogP contribution >= 0.6 is 0 Å². The van der Waals surface area contributed by atoms with E-state index in [0.29, 0.717) is 18.4 Å². The van der Waals surface area contributed by atoms with Crippen LogP contribution in [0.15, 0.2) is 30.5 Å². The van der Waals surface area contributed by atoms with Gasteiger partial charge in [-0.25, -0.2) is 0 Å². The third kappa shape index (κ3) is 2.39. The lowest BCUT2D eigenvalue weighted by Gasteiger charge is -2.03. The van der Waals surface area contributed by atoms with Crippen LogP contribution in [-0.2, 0) is 11.2 Å². The molecule has 5 heteroatoms. The molecular weight excluding hydrogens is 220 g/mol. The van der Waals surface area contributed by atoms with Crippen LogP contribution in [0.3, 0.4) is 0 Å². The van der Waals surface area contributed by atoms with Crippen molar-refractivity contribution in [3.63, 3.8) is 0 Å². The van der Waals surface area contributed by atoms with Gasteiger partial charge in [0.15, 0.2) is 0 Å². The fraction of sp³-hybridized carbons (Fsp3) is 0.250. The number of pyridine rings is 1. The predicted molar refractivity (Wildman–Crippen MR) is 64.0 cm³/mol. The highest BCUT2D eigenvalue weighted by Crippen LogP contribution is 2.25. The Morgan fingerprint density at radius 1 is 1.47 bits per heavy atom. The second kappa shape index (κ2) is 4.88. The fourth-order valence-electron chi connectivity index (χ4n) is 1.70. The van der Waals surface area contributed by atoms with E-state index in [1.165, 1.54) is 6.07 Å². The van der Waals surface area contributed by atoms with Gasteiger partial charge in [-0.1, -0.05) is 12.1 Å². The van der Waals surface area contributed by atoms with Gasteiger partial charge in [-0.15, -0.1) is 0 Å². The first kappa shape index (κ1) is 11.5. The lowest BCUT2D eigenvalue weighted by atomic mass is 10.1. The van der Waals surface area contributed by atoms with Crippen molar-refractivity contribution in [3.8, 4) is 0 Å². The van der Waals surface area contributed by atoms with Crippen LogP contribution in [0.1, 0.15) is 5.69 Å². The van der Waals surface area contributed by atoms with Crippen molar-refractivity contribution < 1.29 is 9.66 Å². The van der Waals surface area contributed by atoms with Gasteiger partial charge in [-0.05, 0) is 6.07 Å². The summed E-state index contributed by atoms with van der Waals surface area (Å²) < 4.78 is 4.96. The molecule has 0 unspecified atom stereocenters. The zero-order chi connectivity index (χ0) is 12.3. The average Bonchev–Trinajstić information content (AvgIpc) is 2.35. The summed E-state index contributed by atoms with van der Waals surface area (Å²) >= 11 is 0. The zero-order valence-electron chi connectivity index (χ0n) is 9.42. The second-order valence-corrected chi connectivity index (χ2v) is 3.67. The van der Waals surface area contributed by atoms with Gasteiger partial charge in [-0.3, -0.25) is 15.1 Å². The number of non-ortho nitro benzene ring substituents is 1. The highest BCUT2D eigenvalue weighted by Gasteiger charge is 2.11. The number of aromatic nitrogens is 1. The normalized spacial score (nSPS) is 10.6. The van der Waals surface area contributed by atoms with Crippen LogP contribution < -0.4 is 0 Å². The zero-order valence-corrected chi connectivity index (χ0v) is 9.42. The van der Waals surface area contributed by atoms with Crippen molar-refractivity contribution in [3.05, 3.63) is 46.3 Å². The molecule has 0 saturated carbocycles. The van der Waals surface area contributed by atoms with Crippen LogP contribution in [0.2, 0.25) is 0 Å². The molecule has 0 spiro atoms. The van der Waals surface area contributed by atoms with E-state index in [1.54, 1.807) is 25.4 Å². The topological polar surface area (TPSA) is 65.3 Å². The maximum Gasteiger partial charge on any atom is 0.277 e. The summed E-state index contributed by atoms with van der Waals surface area (Å²) in [6.45, 7) is 0.555. The van der Waals surface area contributed by atoms with Crippen molar-refractivity contribution in [1.29, 1.82) is 0 Å². The molecule has 0 amide bonds. The predicted octanol–water partition coefficient (Wildman–Crippen LogP) is 2.33. The minimum atomic E-state index is -0.373. The largest absolute Gasteiger partial charge is 0.384 e. The molecule has 17 heavy (non-hydrogen) atoms. The molecule has 2 rings (SSSR count). The Labute approximate surface area is 98.2 Å². The number of nitro groups is 1. The van der Waals surface area contributed by atoms with Crippen molar-refractivity contribution in [2.75, 3.05) is 13.7 Å². The fourth-order valence-corrected chi connectivity index (χ4v) is 1.70. The lowest BCUT2D eigenvalue weighted by molar-refractivity contribution is -0.383. The quantitative estimate of drug-likeness (QED) is 0.599. The van der Waals surface area contributed by atoms with E-state index >= 15 is 0 Å². The van der Waals surface area contributed by atoms with Crippen LogP contribution in [0, 0.1) is 10.1 Å². The summed E-state index contributed by atoms with van der Waals surface area (Å²) in [5.74, 6) is 0. The monoisotopic (exact) mass is 232 g/mol.